The molecule has 0 amide bonds. The van der Waals surface area contributed by atoms with Crippen LogP contribution >= 0.6 is 11.3 Å². The number of allylic oxidation sites excluding steroid dienone is 4. The van der Waals surface area contributed by atoms with Gasteiger partial charge >= 0.3 is 0 Å². The smallest absolute Gasteiger partial charge is 0.162 e. The number of carbonyl (C=O) groups excluding carboxylic acids is 1. The van der Waals surface area contributed by atoms with Gasteiger partial charge in [-0.1, -0.05) is 6.08 Å². The molecule has 1 aromatic rings. The molecule has 1 fully saturated rings. The molecule has 3 nitrogen and oxygen atoms in total. The summed E-state index contributed by atoms with van der Waals surface area (Å²) < 4.78 is 0. The Labute approximate surface area is 136 Å². The summed E-state index contributed by atoms with van der Waals surface area (Å²) in [5, 5.41) is 3.48. The molecular formula is C18H24N2OS. The highest BCUT2D eigenvalue weighted by Crippen LogP contribution is 2.36. The summed E-state index contributed by atoms with van der Waals surface area (Å²) in [6.07, 6.45) is 10.5. The Kier molecular flexibility index (Phi) is 4.67. The molecule has 1 saturated heterocycles. The van der Waals surface area contributed by atoms with E-state index < -0.39 is 0 Å². The van der Waals surface area contributed by atoms with Crippen molar-refractivity contribution in [1.29, 1.82) is 0 Å². The molecule has 118 valence electrons. The first-order valence-electron chi connectivity index (χ1n) is 8.15. The zero-order valence-corrected chi connectivity index (χ0v) is 14.3. The van der Waals surface area contributed by atoms with E-state index in [1.807, 2.05) is 0 Å². The average Bonchev–Trinajstić information content (AvgIpc) is 3.14. The van der Waals surface area contributed by atoms with E-state index in [-0.39, 0.29) is 0 Å². The molecular weight excluding hydrogens is 292 g/mol. The van der Waals surface area contributed by atoms with Crippen molar-refractivity contribution in [3.8, 4) is 0 Å². The van der Waals surface area contributed by atoms with Crippen molar-refractivity contribution in [2.75, 3.05) is 18.9 Å². The Balaban J connectivity index is 1.85. The van der Waals surface area contributed by atoms with Crippen molar-refractivity contribution in [2.24, 2.45) is 0 Å². The van der Waals surface area contributed by atoms with Crippen LogP contribution in [0.1, 0.15) is 60.0 Å². The normalized spacial score (nSPS) is 20.8. The number of carbonyl (C=O) groups is 1. The minimum Gasteiger partial charge on any atom is -0.376 e. The number of hydrogen-bond donors (Lipinski definition) is 1. The molecule has 2 heterocycles. The van der Waals surface area contributed by atoms with Crippen LogP contribution in [0, 0.1) is 0 Å². The number of nitrogens with zero attached hydrogens (tertiary/aromatic N) is 1. The molecule has 0 radical (unpaired) electrons. The first-order chi connectivity index (χ1) is 10.7. The van der Waals surface area contributed by atoms with E-state index in [2.05, 4.69) is 36.3 Å². The molecule has 0 spiro atoms. The zero-order valence-electron chi connectivity index (χ0n) is 13.4. The number of hydrogen-bond acceptors (Lipinski definition) is 4. The third-order valence-electron chi connectivity index (χ3n) is 4.60. The first-order valence-corrected chi connectivity index (χ1v) is 8.97. The van der Waals surface area contributed by atoms with Crippen molar-refractivity contribution in [3.63, 3.8) is 0 Å². The summed E-state index contributed by atoms with van der Waals surface area (Å²) in [6.45, 7) is 3.24. The van der Waals surface area contributed by atoms with Crippen LogP contribution in [-0.4, -0.2) is 24.8 Å². The van der Waals surface area contributed by atoms with Crippen LogP contribution in [0.3, 0.4) is 0 Å². The van der Waals surface area contributed by atoms with Gasteiger partial charge < -0.3 is 10.2 Å². The number of rotatable bonds is 4. The van der Waals surface area contributed by atoms with Gasteiger partial charge in [0.2, 0.25) is 0 Å². The maximum atomic E-state index is 11.4. The second-order valence-corrected chi connectivity index (χ2v) is 7.29. The van der Waals surface area contributed by atoms with Gasteiger partial charge in [-0.3, -0.25) is 4.79 Å². The predicted octanol–water partition coefficient (Wildman–Crippen LogP) is 4.89. The number of anilines is 1. The third kappa shape index (κ3) is 3.12. The lowest BCUT2D eigenvalue weighted by Gasteiger charge is -2.17. The summed E-state index contributed by atoms with van der Waals surface area (Å²) in [5.41, 5.74) is 4.91. The Hall–Kier alpha value is -1.55. The van der Waals surface area contributed by atoms with E-state index in [0.29, 0.717) is 0 Å². The van der Waals surface area contributed by atoms with Crippen molar-refractivity contribution in [3.05, 3.63) is 33.3 Å². The van der Waals surface area contributed by atoms with Gasteiger partial charge in [-0.05, 0) is 57.1 Å². The molecule has 1 N–H and O–H groups in total. The van der Waals surface area contributed by atoms with Crippen molar-refractivity contribution in [1.82, 2.24) is 4.90 Å². The molecule has 4 heteroatoms. The summed E-state index contributed by atoms with van der Waals surface area (Å²) in [5.74, 6) is 0. The van der Waals surface area contributed by atoms with Crippen LogP contribution in [0.25, 0.3) is 5.57 Å². The lowest BCUT2D eigenvalue weighted by Crippen LogP contribution is -2.14. The zero-order chi connectivity index (χ0) is 15.5. The van der Waals surface area contributed by atoms with Gasteiger partial charge in [-0.25, -0.2) is 0 Å². The number of aldehydes is 1. The Bertz CT molecular complexity index is 627. The van der Waals surface area contributed by atoms with Crippen LogP contribution in [0.4, 0.5) is 5.69 Å². The van der Waals surface area contributed by atoms with E-state index in [9.17, 15) is 4.79 Å². The highest BCUT2D eigenvalue weighted by atomic mass is 32.1. The van der Waals surface area contributed by atoms with Gasteiger partial charge in [0, 0.05) is 29.9 Å². The molecule has 0 bridgehead atoms. The third-order valence-corrected chi connectivity index (χ3v) is 5.73. The molecule has 0 saturated carbocycles. The largest absolute Gasteiger partial charge is 0.376 e. The number of nitrogens with one attached hydrogen (secondary N) is 1. The lowest BCUT2D eigenvalue weighted by atomic mass is 9.98. The van der Waals surface area contributed by atoms with Gasteiger partial charge in [-0.15, -0.1) is 11.3 Å². The fourth-order valence-electron chi connectivity index (χ4n) is 3.37. The van der Waals surface area contributed by atoms with Crippen LogP contribution in [0.15, 0.2) is 23.5 Å². The molecule has 3 rings (SSSR count). The SMILES string of the molecule is C/C(Nc1cc(C2=CCCCC2)sc1C=O)=C1/CCCN1C. The van der Waals surface area contributed by atoms with Gasteiger partial charge in [0.05, 0.1) is 10.6 Å². The van der Waals surface area contributed by atoms with Crippen molar-refractivity contribution >= 4 is 28.9 Å². The van der Waals surface area contributed by atoms with Crippen molar-refractivity contribution < 1.29 is 4.79 Å². The van der Waals surface area contributed by atoms with E-state index in [1.165, 1.54) is 47.5 Å². The topological polar surface area (TPSA) is 32.3 Å². The minimum absolute atomic E-state index is 0.807. The molecule has 0 aromatic carbocycles. The van der Waals surface area contributed by atoms with Crippen molar-refractivity contribution in [2.45, 2.75) is 45.4 Å². The van der Waals surface area contributed by atoms with Crippen LogP contribution in [-0.2, 0) is 0 Å². The Morgan fingerprint density at radius 2 is 2.18 bits per heavy atom. The fraction of sp³-hybridized carbons (Fsp3) is 0.500. The minimum atomic E-state index is 0.807. The highest BCUT2D eigenvalue weighted by molar-refractivity contribution is 7.15. The second-order valence-electron chi connectivity index (χ2n) is 6.20. The molecule has 1 aliphatic heterocycles. The maximum Gasteiger partial charge on any atom is 0.162 e. The van der Waals surface area contributed by atoms with E-state index in [0.717, 1.165) is 36.2 Å². The quantitative estimate of drug-likeness (QED) is 0.803. The second kappa shape index (κ2) is 6.69. The summed E-state index contributed by atoms with van der Waals surface area (Å²) in [6, 6.07) is 2.16. The van der Waals surface area contributed by atoms with E-state index in [1.54, 1.807) is 11.3 Å². The summed E-state index contributed by atoms with van der Waals surface area (Å²) >= 11 is 1.62. The predicted molar refractivity (Wildman–Crippen MR) is 94.3 cm³/mol. The average molecular weight is 316 g/mol. The lowest BCUT2D eigenvalue weighted by molar-refractivity contribution is 0.112. The number of thiophene rings is 1. The van der Waals surface area contributed by atoms with Gasteiger partial charge in [0.15, 0.2) is 6.29 Å². The van der Waals surface area contributed by atoms with Crippen LogP contribution in [0.2, 0.25) is 0 Å². The molecule has 1 aliphatic carbocycles. The standard InChI is InChI=1S/C18H24N2OS/c1-13(16-9-6-10-20(16)2)19-15-11-17(22-18(15)12-21)14-7-4-3-5-8-14/h7,11-12,19H,3-6,8-10H2,1-2H3/b16-13+. The molecule has 2 aliphatic rings. The molecule has 0 atom stereocenters. The monoisotopic (exact) mass is 316 g/mol. The summed E-state index contributed by atoms with van der Waals surface area (Å²) in [7, 11) is 2.14. The van der Waals surface area contributed by atoms with Gasteiger partial charge in [0.1, 0.15) is 0 Å². The highest BCUT2D eigenvalue weighted by Gasteiger charge is 2.18. The van der Waals surface area contributed by atoms with Gasteiger partial charge in [0.25, 0.3) is 0 Å². The summed E-state index contributed by atoms with van der Waals surface area (Å²) in [4.78, 5) is 15.8. The maximum absolute atomic E-state index is 11.4. The van der Waals surface area contributed by atoms with Gasteiger partial charge in [-0.2, -0.15) is 0 Å². The molecule has 0 unspecified atom stereocenters. The van der Waals surface area contributed by atoms with Crippen LogP contribution in [0.5, 0.6) is 0 Å². The fourth-order valence-corrected chi connectivity index (χ4v) is 4.37. The Morgan fingerprint density at radius 1 is 1.32 bits per heavy atom. The first kappa shape index (κ1) is 15.3. The molecule has 1 aromatic heterocycles. The number of likely N-dealkylation sites (tertiary alicyclic amines) is 1. The molecule has 22 heavy (non-hydrogen) atoms. The van der Waals surface area contributed by atoms with E-state index in [4.69, 9.17) is 0 Å². The van der Waals surface area contributed by atoms with Crippen LogP contribution < -0.4 is 5.32 Å². The van der Waals surface area contributed by atoms with E-state index >= 15 is 0 Å². The Morgan fingerprint density at radius 3 is 2.82 bits per heavy atom.